The predicted octanol–water partition coefficient (Wildman–Crippen LogP) is 4.12. The summed E-state index contributed by atoms with van der Waals surface area (Å²) in [6, 6.07) is 4.60. The van der Waals surface area contributed by atoms with E-state index in [2.05, 4.69) is 43.8 Å². The number of hydrogen-bond donors (Lipinski definition) is 1. The molecule has 14 heavy (non-hydrogen) atoms. The number of rotatable bonds is 3. The summed E-state index contributed by atoms with van der Waals surface area (Å²) in [6.45, 7) is 1.46. The Hall–Kier alpha value is 0.0900. The Morgan fingerprint density at radius 2 is 2.07 bits per heavy atom. The van der Waals surface area contributed by atoms with Crippen molar-refractivity contribution in [2.75, 3.05) is 5.32 Å². The van der Waals surface area contributed by atoms with Gasteiger partial charge in [0.1, 0.15) is 0 Å². The highest BCUT2D eigenvalue weighted by Crippen LogP contribution is 2.23. The van der Waals surface area contributed by atoms with E-state index in [1.54, 1.807) is 6.07 Å². The van der Waals surface area contributed by atoms with Crippen molar-refractivity contribution in [2.24, 2.45) is 0 Å². The van der Waals surface area contributed by atoms with Crippen LogP contribution >= 0.6 is 38.5 Å². The van der Waals surface area contributed by atoms with Gasteiger partial charge in [-0.1, -0.05) is 0 Å². The first-order valence-corrected chi connectivity index (χ1v) is 5.87. The van der Waals surface area contributed by atoms with Gasteiger partial charge < -0.3 is 5.32 Å². The van der Waals surface area contributed by atoms with E-state index in [0.717, 1.165) is 8.04 Å². The minimum absolute atomic E-state index is 0.713. The molecule has 5 heteroatoms. The van der Waals surface area contributed by atoms with Gasteiger partial charge in [0.05, 0.1) is 6.04 Å². The summed E-state index contributed by atoms with van der Waals surface area (Å²) in [5.41, 5.74) is 0.713. The molecule has 0 saturated heterocycles. The molecule has 0 aliphatic heterocycles. The average Bonchev–Trinajstić information content (AvgIpc) is 2.11. The van der Waals surface area contributed by atoms with E-state index >= 15 is 0 Å². The quantitative estimate of drug-likeness (QED) is 0.783. The Kier molecular flexibility index (Phi) is 4.56. The molecule has 0 fully saturated rings. The van der Waals surface area contributed by atoms with E-state index in [-0.39, 0.29) is 0 Å². The van der Waals surface area contributed by atoms with Crippen LogP contribution in [-0.4, -0.2) is 12.5 Å². The highest BCUT2D eigenvalue weighted by molar-refractivity contribution is 14.1. The van der Waals surface area contributed by atoms with E-state index in [4.69, 9.17) is 0 Å². The molecule has 1 aromatic rings. The number of alkyl halides is 2. The van der Waals surface area contributed by atoms with Crippen LogP contribution in [0.15, 0.2) is 22.7 Å². The molecular formula is C9H9BrF2IN. The lowest BCUT2D eigenvalue weighted by atomic mass is 10.3. The maximum atomic E-state index is 12.2. The zero-order valence-electron chi connectivity index (χ0n) is 7.40. The third kappa shape index (κ3) is 3.34. The molecule has 1 nitrogen and oxygen atoms in total. The fourth-order valence-electron chi connectivity index (χ4n) is 0.912. The standard InChI is InChI=1S/C9H9BrF2IN/c1-5(9(11)12)14-6-2-3-7(10)8(13)4-6/h2-5,9,14H,1H3. The molecule has 1 atom stereocenters. The number of hydrogen-bond acceptors (Lipinski definition) is 1. The second kappa shape index (κ2) is 5.25. The molecule has 1 unspecified atom stereocenters. The Bertz CT molecular complexity index is 320. The van der Waals surface area contributed by atoms with Gasteiger partial charge >= 0.3 is 0 Å². The third-order valence-corrected chi connectivity index (χ3v) is 4.02. The van der Waals surface area contributed by atoms with Crippen LogP contribution in [0.2, 0.25) is 0 Å². The minimum atomic E-state index is -2.35. The summed E-state index contributed by atoms with van der Waals surface area (Å²) >= 11 is 5.48. The topological polar surface area (TPSA) is 12.0 Å². The monoisotopic (exact) mass is 375 g/mol. The first-order valence-electron chi connectivity index (χ1n) is 4.00. The van der Waals surface area contributed by atoms with Crippen LogP contribution in [0.4, 0.5) is 14.5 Å². The zero-order chi connectivity index (χ0) is 10.7. The molecular weight excluding hydrogens is 367 g/mol. The van der Waals surface area contributed by atoms with Crippen LogP contribution in [-0.2, 0) is 0 Å². The fraction of sp³-hybridized carbons (Fsp3) is 0.333. The first kappa shape index (κ1) is 12.2. The Labute approximate surface area is 104 Å². The molecule has 78 valence electrons. The molecule has 0 amide bonds. The molecule has 0 heterocycles. The van der Waals surface area contributed by atoms with Gasteiger partial charge in [0.25, 0.3) is 6.43 Å². The largest absolute Gasteiger partial charge is 0.377 e. The summed E-state index contributed by atoms with van der Waals surface area (Å²) in [7, 11) is 0. The lowest BCUT2D eigenvalue weighted by Gasteiger charge is -2.14. The highest BCUT2D eigenvalue weighted by atomic mass is 127. The van der Waals surface area contributed by atoms with Crippen molar-refractivity contribution in [1.82, 2.24) is 0 Å². The molecule has 0 spiro atoms. The van der Waals surface area contributed by atoms with Gasteiger partial charge in [-0.3, -0.25) is 0 Å². The predicted molar refractivity (Wildman–Crippen MR) is 65.9 cm³/mol. The number of halogens is 4. The normalized spacial score (nSPS) is 13.0. The zero-order valence-corrected chi connectivity index (χ0v) is 11.1. The molecule has 0 aliphatic carbocycles. The molecule has 0 aliphatic rings. The Balaban J connectivity index is 2.73. The van der Waals surface area contributed by atoms with Gasteiger partial charge in [-0.15, -0.1) is 0 Å². The van der Waals surface area contributed by atoms with Crippen LogP contribution in [0.25, 0.3) is 0 Å². The molecule has 0 radical (unpaired) electrons. The van der Waals surface area contributed by atoms with Gasteiger partial charge in [0.15, 0.2) is 0 Å². The summed E-state index contributed by atoms with van der Waals surface area (Å²) in [5, 5.41) is 2.73. The fourth-order valence-corrected chi connectivity index (χ4v) is 1.67. The first-order chi connectivity index (χ1) is 6.50. The van der Waals surface area contributed by atoms with Crippen molar-refractivity contribution >= 4 is 44.2 Å². The minimum Gasteiger partial charge on any atom is -0.377 e. The van der Waals surface area contributed by atoms with Crippen molar-refractivity contribution in [1.29, 1.82) is 0 Å². The number of anilines is 1. The maximum absolute atomic E-state index is 12.2. The van der Waals surface area contributed by atoms with Crippen molar-refractivity contribution < 1.29 is 8.78 Å². The maximum Gasteiger partial charge on any atom is 0.258 e. The van der Waals surface area contributed by atoms with Gasteiger partial charge in [0, 0.05) is 13.7 Å². The lowest BCUT2D eigenvalue weighted by Crippen LogP contribution is -2.23. The van der Waals surface area contributed by atoms with Crippen molar-refractivity contribution in [3.05, 3.63) is 26.2 Å². The highest BCUT2D eigenvalue weighted by Gasteiger charge is 2.13. The lowest BCUT2D eigenvalue weighted by molar-refractivity contribution is 0.131. The smallest absolute Gasteiger partial charge is 0.258 e. The molecule has 0 bridgehead atoms. The van der Waals surface area contributed by atoms with Gasteiger partial charge in [-0.2, -0.15) is 0 Å². The second-order valence-corrected chi connectivity index (χ2v) is 4.91. The van der Waals surface area contributed by atoms with Crippen LogP contribution in [0.3, 0.4) is 0 Å². The van der Waals surface area contributed by atoms with E-state index < -0.39 is 12.5 Å². The van der Waals surface area contributed by atoms with Crippen LogP contribution in [0.1, 0.15) is 6.92 Å². The number of nitrogens with one attached hydrogen (secondary N) is 1. The number of benzene rings is 1. The third-order valence-electron chi connectivity index (χ3n) is 1.69. The van der Waals surface area contributed by atoms with E-state index in [1.807, 2.05) is 12.1 Å². The van der Waals surface area contributed by atoms with E-state index in [1.165, 1.54) is 6.92 Å². The van der Waals surface area contributed by atoms with E-state index in [9.17, 15) is 8.78 Å². The summed E-state index contributed by atoms with van der Waals surface area (Å²) in [5.74, 6) is 0. The molecule has 1 aromatic carbocycles. The Morgan fingerprint density at radius 3 is 2.57 bits per heavy atom. The van der Waals surface area contributed by atoms with Crippen LogP contribution in [0.5, 0.6) is 0 Å². The summed E-state index contributed by atoms with van der Waals surface area (Å²) in [6.07, 6.45) is -2.35. The van der Waals surface area contributed by atoms with Crippen molar-refractivity contribution in [3.8, 4) is 0 Å². The average molecular weight is 376 g/mol. The Morgan fingerprint density at radius 1 is 1.43 bits per heavy atom. The molecule has 0 aromatic heterocycles. The molecule has 1 N–H and O–H groups in total. The SMILES string of the molecule is CC(Nc1ccc(Br)c(I)c1)C(F)F. The van der Waals surface area contributed by atoms with Gasteiger partial charge in [-0.25, -0.2) is 8.78 Å². The van der Waals surface area contributed by atoms with Crippen LogP contribution in [0, 0.1) is 3.57 Å². The van der Waals surface area contributed by atoms with Crippen molar-refractivity contribution in [3.63, 3.8) is 0 Å². The van der Waals surface area contributed by atoms with Crippen molar-refractivity contribution in [2.45, 2.75) is 19.4 Å². The van der Waals surface area contributed by atoms with E-state index in [0.29, 0.717) is 5.69 Å². The summed E-state index contributed by atoms with van der Waals surface area (Å²) < 4.78 is 26.4. The molecule has 0 saturated carbocycles. The van der Waals surface area contributed by atoms with Gasteiger partial charge in [-0.05, 0) is 63.6 Å². The van der Waals surface area contributed by atoms with Gasteiger partial charge in [0.2, 0.25) is 0 Å². The second-order valence-electron chi connectivity index (χ2n) is 2.90. The van der Waals surface area contributed by atoms with Crippen LogP contribution < -0.4 is 5.32 Å². The molecule has 1 rings (SSSR count). The summed E-state index contributed by atoms with van der Waals surface area (Å²) in [4.78, 5) is 0.